The molecule has 1 aliphatic rings. The van der Waals surface area contributed by atoms with Gasteiger partial charge in [0, 0.05) is 6.54 Å². The van der Waals surface area contributed by atoms with Gasteiger partial charge in [-0.05, 0) is 13.3 Å². The number of carboxylic acid groups (broad SMARTS) is 1. The second-order valence-electron chi connectivity index (χ2n) is 4.54. The van der Waals surface area contributed by atoms with Crippen molar-refractivity contribution in [3.63, 3.8) is 0 Å². The monoisotopic (exact) mass is 244 g/mol. The number of ether oxygens (including phenoxy) is 1. The summed E-state index contributed by atoms with van der Waals surface area (Å²) in [6, 6.07) is -0.817. The van der Waals surface area contributed by atoms with Gasteiger partial charge in [0.1, 0.15) is 5.41 Å². The van der Waals surface area contributed by atoms with Gasteiger partial charge in [0.25, 0.3) is 0 Å². The average molecular weight is 244 g/mol. The zero-order chi connectivity index (χ0) is 12.9. The summed E-state index contributed by atoms with van der Waals surface area (Å²) in [5.41, 5.74) is -1.04. The van der Waals surface area contributed by atoms with Gasteiger partial charge in [0.05, 0.1) is 19.3 Å². The lowest BCUT2D eigenvalue weighted by Gasteiger charge is -2.25. The molecule has 2 amide bonds. The smallest absolute Gasteiger partial charge is 0.315 e. The molecule has 1 fully saturated rings. The minimum Gasteiger partial charge on any atom is -0.481 e. The summed E-state index contributed by atoms with van der Waals surface area (Å²) in [5, 5.41) is 14.5. The molecule has 98 valence electrons. The van der Waals surface area contributed by atoms with Crippen molar-refractivity contribution in [1.29, 1.82) is 0 Å². The number of hydrogen-bond acceptors (Lipinski definition) is 3. The van der Waals surface area contributed by atoms with Crippen LogP contribution in [0.25, 0.3) is 0 Å². The highest BCUT2D eigenvalue weighted by molar-refractivity contribution is 5.79. The van der Waals surface area contributed by atoms with Gasteiger partial charge in [-0.15, -0.1) is 0 Å². The number of carbonyl (C=O) groups excluding carboxylic acids is 1. The Hall–Kier alpha value is -1.30. The van der Waals surface area contributed by atoms with Crippen LogP contribution in [0.4, 0.5) is 4.79 Å². The average Bonchev–Trinajstić information content (AvgIpc) is 2.62. The SMILES string of the molecule is CCCCNC(=O)NC1COCC1(C)C(=O)O. The minimum atomic E-state index is -1.04. The van der Waals surface area contributed by atoms with Crippen LogP contribution in [0.2, 0.25) is 0 Å². The Morgan fingerprint density at radius 1 is 1.53 bits per heavy atom. The molecule has 2 unspecified atom stereocenters. The van der Waals surface area contributed by atoms with Crippen molar-refractivity contribution in [3.8, 4) is 0 Å². The molecule has 0 bridgehead atoms. The molecule has 3 N–H and O–H groups in total. The van der Waals surface area contributed by atoms with Crippen LogP contribution in [0, 0.1) is 5.41 Å². The third-order valence-electron chi connectivity index (χ3n) is 3.07. The number of carbonyl (C=O) groups is 2. The number of hydrogen-bond donors (Lipinski definition) is 3. The molecule has 1 aliphatic heterocycles. The zero-order valence-electron chi connectivity index (χ0n) is 10.3. The first-order valence-corrected chi connectivity index (χ1v) is 5.86. The van der Waals surface area contributed by atoms with E-state index in [2.05, 4.69) is 10.6 Å². The first-order chi connectivity index (χ1) is 8.00. The molecule has 2 atom stereocenters. The Bertz CT molecular complexity index is 295. The van der Waals surface area contributed by atoms with Crippen LogP contribution < -0.4 is 10.6 Å². The maximum absolute atomic E-state index is 11.5. The highest BCUT2D eigenvalue weighted by Crippen LogP contribution is 2.28. The van der Waals surface area contributed by atoms with Crippen LogP contribution in [0.5, 0.6) is 0 Å². The molecule has 1 saturated heterocycles. The first-order valence-electron chi connectivity index (χ1n) is 5.86. The molecule has 6 nitrogen and oxygen atoms in total. The molecule has 6 heteroatoms. The molecule has 0 aliphatic carbocycles. The van der Waals surface area contributed by atoms with Crippen molar-refractivity contribution in [2.24, 2.45) is 5.41 Å². The van der Waals surface area contributed by atoms with Crippen LogP contribution in [0.1, 0.15) is 26.7 Å². The fraction of sp³-hybridized carbons (Fsp3) is 0.818. The fourth-order valence-corrected chi connectivity index (χ4v) is 1.67. The molecule has 0 aromatic rings. The summed E-state index contributed by atoms with van der Waals surface area (Å²) in [5.74, 6) is -0.950. The Morgan fingerprint density at radius 3 is 2.82 bits per heavy atom. The van der Waals surface area contributed by atoms with Crippen LogP contribution in [-0.4, -0.2) is 42.9 Å². The Balaban J connectivity index is 2.45. The van der Waals surface area contributed by atoms with Crippen LogP contribution in [-0.2, 0) is 9.53 Å². The highest BCUT2D eigenvalue weighted by Gasteiger charge is 2.47. The molecular formula is C11H20N2O4. The van der Waals surface area contributed by atoms with E-state index in [1.54, 1.807) is 6.92 Å². The summed E-state index contributed by atoms with van der Waals surface area (Å²) in [6.45, 7) is 4.58. The molecular weight excluding hydrogens is 224 g/mol. The maximum Gasteiger partial charge on any atom is 0.315 e. The Morgan fingerprint density at radius 2 is 2.24 bits per heavy atom. The Labute approximate surface area is 101 Å². The molecule has 0 aromatic carbocycles. The van der Waals surface area contributed by atoms with E-state index >= 15 is 0 Å². The molecule has 0 aromatic heterocycles. The van der Waals surface area contributed by atoms with Crippen LogP contribution in [0.15, 0.2) is 0 Å². The number of nitrogens with one attached hydrogen (secondary N) is 2. The molecule has 1 rings (SSSR count). The highest BCUT2D eigenvalue weighted by atomic mass is 16.5. The zero-order valence-corrected chi connectivity index (χ0v) is 10.3. The van der Waals surface area contributed by atoms with Gasteiger partial charge < -0.3 is 20.5 Å². The molecule has 1 heterocycles. The standard InChI is InChI=1S/C11H20N2O4/c1-3-4-5-12-10(16)13-8-6-17-7-11(8,2)9(14)15/h8H,3-7H2,1-2H3,(H,14,15)(H2,12,13,16). The lowest BCUT2D eigenvalue weighted by atomic mass is 9.85. The summed E-state index contributed by atoms with van der Waals surface area (Å²) >= 11 is 0. The largest absolute Gasteiger partial charge is 0.481 e. The van der Waals surface area contributed by atoms with E-state index in [0.29, 0.717) is 6.54 Å². The summed E-state index contributed by atoms with van der Waals surface area (Å²) in [4.78, 5) is 22.6. The van der Waals surface area contributed by atoms with Gasteiger partial charge in [-0.2, -0.15) is 0 Å². The summed E-state index contributed by atoms with van der Waals surface area (Å²) < 4.78 is 5.14. The second-order valence-corrected chi connectivity index (χ2v) is 4.54. The molecule has 0 radical (unpaired) electrons. The van der Waals surface area contributed by atoms with Gasteiger partial charge >= 0.3 is 12.0 Å². The number of amides is 2. The maximum atomic E-state index is 11.5. The summed E-state index contributed by atoms with van der Waals surface area (Å²) in [7, 11) is 0. The van der Waals surface area contributed by atoms with Gasteiger partial charge in [-0.3, -0.25) is 4.79 Å². The van der Waals surface area contributed by atoms with E-state index in [0.717, 1.165) is 12.8 Å². The van der Waals surface area contributed by atoms with Gasteiger partial charge in [-0.1, -0.05) is 13.3 Å². The molecule has 17 heavy (non-hydrogen) atoms. The topological polar surface area (TPSA) is 87.7 Å². The van der Waals surface area contributed by atoms with E-state index in [-0.39, 0.29) is 19.2 Å². The minimum absolute atomic E-state index is 0.127. The quantitative estimate of drug-likeness (QED) is 0.617. The van der Waals surface area contributed by atoms with E-state index in [4.69, 9.17) is 9.84 Å². The first kappa shape index (κ1) is 13.8. The van der Waals surface area contributed by atoms with E-state index in [1.165, 1.54) is 0 Å². The van der Waals surface area contributed by atoms with E-state index in [1.807, 2.05) is 6.92 Å². The number of carboxylic acids is 1. The van der Waals surface area contributed by atoms with Crippen LogP contribution >= 0.6 is 0 Å². The van der Waals surface area contributed by atoms with Crippen molar-refractivity contribution < 1.29 is 19.4 Å². The van der Waals surface area contributed by atoms with Crippen molar-refractivity contribution >= 4 is 12.0 Å². The third-order valence-corrected chi connectivity index (χ3v) is 3.07. The van der Waals surface area contributed by atoms with Gasteiger partial charge in [-0.25, -0.2) is 4.79 Å². The predicted octanol–water partition coefficient (Wildman–Crippen LogP) is 0.575. The number of rotatable bonds is 5. The third kappa shape index (κ3) is 3.33. The van der Waals surface area contributed by atoms with E-state index < -0.39 is 17.4 Å². The lowest BCUT2D eigenvalue weighted by Crippen LogP contribution is -2.52. The van der Waals surface area contributed by atoms with Crippen molar-refractivity contribution in [2.45, 2.75) is 32.7 Å². The number of unbranched alkanes of at least 4 members (excludes halogenated alkanes) is 1. The number of urea groups is 1. The molecule has 0 saturated carbocycles. The molecule has 0 spiro atoms. The predicted molar refractivity (Wildman–Crippen MR) is 61.8 cm³/mol. The second kappa shape index (κ2) is 5.86. The number of aliphatic carboxylic acids is 1. The lowest BCUT2D eigenvalue weighted by molar-refractivity contribution is -0.148. The van der Waals surface area contributed by atoms with Gasteiger partial charge in [0.2, 0.25) is 0 Å². The van der Waals surface area contributed by atoms with Crippen molar-refractivity contribution in [2.75, 3.05) is 19.8 Å². The van der Waals surface area contributed by atoms with Gasteiger partial charge in [0.15, 0.2) is 0 Å². The van der Waals surface area contributed by atoms with Crippen molar-refractivity contribution in [3.05, 3.63) is 0 Å². The normalized spacial score (nSPS) is 27.8. The van der Waals surface area contributed by atoms with Crippen molar-refractivity contribution in [1.82, 2.24) is 10.6 Å². The van der Waals surface area contributed by atoms with E-state index in [9.17, 15) is 9.59 Å². The van der Waals surface area contributed by atoms with Crippen LogP contribution in [0.3, 0.4) is 0 Å². The Kier molecular flexibility index (Phi) is 4.74. The summed E-state index contributed by atoms with van der Waals surface area (Å²) in [6.07, 6.45) is 1.91. The fourth-order valence-electron chi connectivity index (χ4n) is 1.67.